The Hall–Kier alpha value is -2.37. The third-order valence-electron chi connectivity index (χ3n) is 4.10. The minimum atomic E-state index is -0.781. The fourth-order valence-electron chi connectivity index (χ4n) is 2.94. The average molecular weight is 287 g/mol. The van der Waals surface area contributed by atoms with E-state index in [1.165, 1.54) is 12.1 Å². The minimum Gasteiger partial charge on any atom is -0.399 e. The Kier molecular flexibility index (Phi) is 3.16. The van der Waals surface area contributed by atoms with Crippen LogP contribution in [-0.2, 0) is 4.79 Å². The summed E-state index contributed by atoms with van der Waals surface area (Å²) in [4.78, 5) is 39.9. The van der Waals surface area contributed by atoms with Gasteiger partial charge in [0.15, 0.2) is 0 Å². The molecule has 0 saturated carbocycles. The van der Waals surface area contributed by atoms with Crippen molar-refractivity contribution in [1.82, 2.24) is 9.80 Å². The van der Waals surface area contributed by atoms with E-state index in [0.717, 1.165) is 17.7 Å². The van der Waals surface area contributed by atoms with Gasteiger partial charge in [-0.1, -0.05) is 0 Å². The molecule has 1 fully saturated rings. The fourth-order valence-corrected chi connectivity index (χ4v) is 2.94. The van der Waals surface area contributed by atoms with Crippen molar-refractivity contribution in [3.8, 4) is 0 Å². The van der Waals surface area contributed by atoms with Crippen LogP contribution in [0.3, 0.4) is 0 Å². The van der Waals surface area contributed by atoms with Crippen LogP contribution in [0.25, 0.3) is 0 Å². The van der Waals surface area contributed by atoms with Crippen molar-refractivity contribution < 1.29 is 14.4 Å². The molecule has 3 rings (SSSR count). The average Bonchev–Trinajstić information content (AvgIpc) is 3.06. The Labute approximate surface area is 122 Å². The molecule has 1 atom stereocenters. The van der Waals surface area contributed by atoms with Gasteiger partial charge in [-0.05, 0) is 38.0 Å². The summed E-state index contributed by atoms with van der Waals surface area (Å²) in [5.41, 5.74) is 6.68. The predicted octanol–water partition coefficient (Wildman–Crippen LogP) is 0.876. The Balaban J connectivity index is 1.88. The lowest BCUT2D eigenvalue weighted by Gasteiger charge is -2.26. The number of anilines is 1. The van der Waals surface area contributed by atoms with Gasteiger partial charge in [0.1, 0.15) is 6.04 Å². The number of likely N-dealkylation sites (tertiary alicyclic amines) is 1. The number of nitrogens with zero attached hydrogens (tertiary/aromatic N) is 2. The maximum Gasteiger partial charge on any atom is 0.262 e. The van der Waals surface area contributed by atoms with Crippen molar-refractivity contribution in [3.05, 3.63) is 29.3 Å². The van der Waals surface area contributed by atoms with E-state index in [0.29, 0.717) is 24.3 Å². The lowest BCUT2D eigenvalue weighted by molar-refractivity contribution is -0.133. The molecular weight excluding hydrogens is 270 g/mol. The first-order chi connectivity index (χ1) is 10.0. The van der Waals surface area contributed by atoms with Crippen molar-refractivity contribution in [2.24, 2.45) is 0 Å². The molecule has 3 amide bonds. The molecule has 0 radical (unpaired) electrons. The topological polar surface area (TPSA) is 83.7 Å². The van der Waals surface area contributed by atoms with E-state index in [9.17, 15) is 14.4 Å². The first kappa shape index (κ1) is 13.6. The zero-order valence-electron chi connectivity index (χ0n) is 11.8. The molecule has 1 saturated heterocycles. The largest absolute Gasteiger partial charge is 0.399 e. The molecule has 2 aliphatic heterocycles. The van der Waals surface area contributed by atoms with E-state index in [1.807, 2.05) is 0 Å². The van der Waals surface area contributed by atoms with E-state index < -0.39 is 17.9 Å². The summed E-state index contributed by atoms with van der Waals surface area (Å²) in [5.74, 6) is -1.03. The lowest BCUT2D eigenvalue weighted by atomic mass is 10.1. The Morgan fingerprint density at radius 1 is 1.14 bits per heavy atom. The van der Waals surface area contributed by atoms with Crippen LogP contribution in [0.2, 0.25) is 0 Å². The highest BCUT2D eigenvalue weighted by Gasteiger charge is 2.42. The molecule has 2 N–H and O–H groups in total. The second kappa shape index (κ2) is 4.87. The normalized spacial score (nSPS) is 19.1. The van der Waals surface area contributed by atoms with E-state index in [4.69, 9.17) is 5.73 Å². The van der Waals surface area contributed by atoms with Gasteiger partial charge in [-0.15, -0.1) is 0 Å². The molecule has 110 valence electrons. The summed E-state index contributed by atoms with van der Waals surface area (Å²) in [5, 5.41) is 0. The third kappa shape index (κ3) is 2.07. The van der Waals surface area contributed by atoms with Crippen molar-refractivity contribution in [1.29, 1.82) is 0 Å². The first-order valence-electron chi connectivity index (χ1n) is 7.07. The molecule has 0 aromatic heterocycles. The summed E-state index contributed by atoms with van der Waals surface area (Å²) >= 11 is 0. The Bertz CT molecular complexity index is 635. The van der Waals surface area contributed by atoms with Crippen molar-refractivity contribution in [2.45, 2.75) is 25.8 Å². The smallest absolute Gasteiger partial charge is 0.262 e. The Morgan fingerprint density at radius 3 is 2.43 bits per heavy atom. The standard InChI is InChI=1S/C15H17N3O3/c1-9(13(19)17-6-2-3-7-17)18-14(20)11-5-4-10(16)8-12(11)15(18)21/h4-5,8-9H,2-3,6-7,16H2,1H3. The van der Waals surface area contributed by atoms with E-state index >= 15 is 0 Å². The van der Waals surface area contributed by atoms with Crippen molar-refractivity contribution in [2.75, 3.05) is 18.8 Å². The summed E-state index contributed by atoms with van der Waals surface area (Å²) in [7, 11) is 0. The summed E-state index contributed by atoms with van der Waals surface area (Å²) in [6, 6.07) is 3.83. The van der Waals surface area contributed by atoms with Crippen LogP contribution in [0.15, 0.2) is 18.2 Å². The van der Waals surface area contributed by atoms with Gasteiger partial charge in [0.2, 0.25) is 5.91 Å². The summed E-state index contributed by atoms with van der Waals surface area (Å²) < 4.78 is 0. The predicted molar refractivity (Wildman–Crippen MR) is 76.6 cm³/mol. The van der Waals surface area contributed by atoms with Gasteiger partial charge in [0.25, 0.3) is 11.8 Å². The van der Waals surface area contributed by atoms with Crippen LogP contribution >= 0.6 is 0 Å². The zero-order chi connectivity index (χ0) is 15.1. The van der Waals surface area contributed by atoms with Crippen LogP contribution in [0.4, 0.5) is 5.69 Å². The van der Waals surface area contributed by atoms with E-state index in [2.05, 4.69) is 0 Å². The molecule has 21 heavy (non-hydrogen) atoms. The molecule has 1 aromatic rings. The number of rotatable bonds is 2. The van der Waals surface area contributed by atoms with Crippen LogP contribution in [0, 0.1) is 0 Å². The number of carbonyl (C=O) groups excluding carboxylic acids is 3. The number of carbonyl (C=O) groups is 3. The van der Waals surface area contributed by atoms with Gasteiger partial charge in [0, 0.05) is 18.8 Å². The molecule has 1 unspecified atom stereocenters. The monoisotopic (exact) mass is 287 g/mol. The van der Waals surface area contributed by atoms with Gasteiger partial charge in [0.05, 0.1) is 11.1 Å². The van der Waals surface area contributed by atoms with Crippen LogP contribution < -0.4 is 5.73 Å². The van der Waals surface area contributed by atoms with Gasteiger partial charge < -0.3 is 10.6 Å². The molecular formula is C15H17N3O3. The molecule has 2 heterocycles. The first-order valence-corrected chi connectivity index (χ1v) is 7.07. The number of imide groups is 1. The molecule has 6 nitrogen and oxygen atoms in total. The number of nitrogen functional groups attached to an aromatic ring is 1. The molecule has 0 spiro atoms. The number of benzene rings is 1. The molecule has 0 bridgehead atoms. The van der Waals surface area contributed by atoms with Gasteiger partial charge >= 0.3 is 0 Å². The number of amides is 3. The highest BCUT2D eigenvalue weighted by Crippen LogP contribution is 2.27. The van der Waals surface area contributed by atoms with Crippen LogP contribution in [-0.4, -0.2) is 46.7 Å². The second-order valence-corrected chi connectivity index (χ2v) is 5.49. The summed E-state index contributed by atoms with van der Waals surface area (Å²) in [6.45, 7) is 2.99. The fraction of sp³-hybridized carbons (Fsp3) is 0.400. The molecule has 6 heteroatoms. The van der Waals surface area contributed by atoms with E-state index in [-0.39, 0.29) is 11.5 Å². The third-order valence-corrected chi connectivity index (χ3v) is 4.10. The summed E-state index contributed by atoms with van der Waals surface area (Å²) in [6.07, 6.45) is 1.94. The maximum absolute atomic E-state index is 12.4. The van der Waals surface area contributed by atoms with Gasteiger partial charge in [-0.2, -0.15) is 0 Å². The van der Waals surface area contributed by atoms with Crippen LogP contribution in [0.5, 0.6) is 0 Å². The van der Waals surface area contributed by atoms with Gasteiger partial charge in [-0.3, -0.25) is 19.3 Å². The number of fused-ring (bicyclic) bond motifs is 1. The number of nitrogens with two attached hydrogens (primary N) is 1. The SMILES string of the molecule is CC(C(=O)N1CCCC1)N1C(=O)c2ccc(N)cc2C1=O. The molecule has 1 aromatic carbocycles. The minimum absolute atomic E-state index is 0.171. The zero-order valence-corrected chi connectivity index (χ0v) is 11.8. The molecule has 0 aliphatic carbocycles. The van der Waals surface area contributed by atoms with Gasteiger partial charge in [-0.25, -0.2) is 0 Å². The highest BCUT2D eigenvalue weighted by molar-refractivity contribution is 6.23. The number of hydrogen-bond donors (Lipinski definition) is 1. The number of hydrogen-bond acceptors (Lipinski definition) is 4. The van der Waals surface area contributed by atoms with E-state index in [1.54, 1.807) is 17.9 Å². The lowest BCUT2D eigenvalue weighted by Crippen LogP contribution is -2.48. The van der Waals surface area contributed by atoms with Crippen molar-refractivity contribution >= 4 is 23.4 Å². The quantitative estimate of drug-likeness (QED) is 0.646. The van der Waals surface area contributed by atoms with Crippen LogP contribution in [0.1, 0.15) is 40.5 Å². The maximum atomic E-state index is 12.4. The second-order valence-electron chi connectivity index (χ2n) is 5.49. The molecule has 2 aliphatic rings. The Morgan fingerprint density at radius 2 is 1.76 bits per heavy atom. The highest BCUT2D eigenvalue weighted by atomic mass is 16.2. The van der Waals surface area contributed by atoms with Crippen molar-refractivity contribution in [3.63, 3.8) is 0 Å².